The van der Waals surface area contributed by atoms with Crippen LogP contribution in [0.4, 0.5) is 5.69 Å². The van der Waals surface area contributed by atoms with Gasteiger partial charge in [0.15, 0.2) is 0 Å². The van der Waals surface area contributed by atoms with E-state index in [9.17, 15) is 14.4 Å². The fraction of sp³-hybridized carbons (Fsp3) is 0.300. The molecule has 0 spiro atoms. The summed E-state index contributed by atoms with van der Waals surface area (Å²) in [5.41, 5.74) is 2.62. The standard InChI is InChI=1S/C20H23N3O4/c1-20(2,3)14-6-9-16(21-11-14)19(27)23-15-7-4-13(5-8-15)10-17(24)22-12-18(25)26/h4-9,11H,10,12H2,1-3H3,(H,22,24)(H,23,27)(H,25,26). The number of benzene rings is 1. The molecule has 142 valence electrons. The fourth-order valence-corrected chi connectivity index (χ4v) is 2.29. The molecule has 2 amide bonds. The number of carboxylic acid groups (broad SMARTS) is 1. The quantitative estimate of drug-likeness (QED) is 0.724. The van der Waals surface area contributed by atoms with Crippen LogP contribution in [0.1, 0.15) is 42.4 Å². The molecule has 1 heterocycles. The first kappa shape index (κ1) is 20.1. The molecular formula is C20H23N3O4. The third-order valence-corrected chi connectivity index (χ3v) is 3.88. The van der Waals surface area contributed by atoms with Crippen molar-refractivity contribution in [2.24, 2.45) is 0 Å². The van der Waals surface area contributed by atoms with Gasteiger partial charge in [0.2, 0.25) is 5.91 Å². The van der Waals surface area contributed by atoms with Gasteiger partial charge in [-0.1, -0.05) is 39.0 Å². The number of nitrogens with zero attached hydrogens (tertiary/aromatic N) is 1. The number of carboxylic acids is 1. The number of pyridine rings is 1. The average Bonchev–Trinajstić information content (AvgIpc) is 2.61. The van der Waals surface area contributed by atoms with Gasteiger partial charge in [-0.2, -0.15) is 0 Å². The van der Waals surface area contributed by atoms with Crippen molar-refractivity contribution in [1.29, 1.82) is 0 Å². The van der Waals surface area contributed by atoms with Crippen LogP contribution < -0.4 is 10.6 Å². The molecule has 2 aromatic rings. The summed E-state index contributed by atoms with van der Waals surface area (Å²) in [4.78, 5) is 38.6. The Morgan fingerprint density at radius 2 is 1.70 bits per heavy atom. The number of hydrogen-bond acceptors (Lipinski definition) is 4. The van der Waals surface area contributed by atoms with E-state index < -0.39 is 12.5 Å². The Morgan fingerprint density at radius 3 is 2.22 bits per heavy atom. The first-order valence-corrected chi connectivity index (χ1v) is 8.50. The molecule has 0 bridgehead atoms. The highest BCUT2D eigenvalue weighted by molar-refractivity contribution is 6.02. The number of carbonyl (C=O) groups is 3. The maximum Gasteiger partial charge on any atom is 0.322 e. The largest absolute Gasteiger partial charge is 0.480 e. The van der Waals surface area contributed by atoms with Gasteiger partial charge in [0.1, 0.15) is 12.2 Å². The number of aromatic nitrogens is 1. The third kappa shape index (κ3) is 6.22. The molecule has 7 nitrogen and oxygen atoms in total. The Hall–Kier alpha value is -3.22. The number of carbonyl (C=O) groups excluding carboxylic acids is 2. The van der Waals surface area contributed by atoms with E-state index >= 15 is 0 Å². The molecule has 1 aromatic heterocycles. The number of nitrogens with one attached hydrogen (secondary N) is 2. The fourth-order valence-electron chi connectivity index (χ4n) is 2.29. The molecule has 0 unspecified atom stereocenters. The van der Waals surface area contributed by atoms with E-state index in [4.69, 9.17) is 5.11 Å². The van der Waals surface area contributed by atoms with Crippen molar-refractivity contribution in [3.63, 3.8) is 0 Å². The van der Waals surface area contributed by atoms with Gasteiger partial charge in [-0.3, -0.25) is 19.4 Å². The van der Waals surface area contributed by atoms with Gasteiger partial charge in [0.25, 0.3) is 5.91 Å². The minimum atomic E-state index is -1.09. The van der Waals surface area contributed by atoms with Gasteiger partial charge < -0.3 is 15.7 Å². The molecule has 3 N–H and O–H groups in total. The highest BCUT2D eigenvalue weighted by Gasteiger charge is 2.15. The van der Waals surface area contributed by atoms with Crippen molar-refractivity contribution < 1.29 is 19.5 Å². The first-order valence-electron chi connectivity index (χ1n) is 8.50. The monoisotopic (exact) mass is 369 g/mol. The van der Waals surface area contributed by atoms with Gasteiger partial charge in [-0.25, -0.2) is 0 Å². The zero-order valence-corrected chi connectivity index (χ0v) is 15.6. The van der Waals surface area contributed by atoms with Crippen LogP contribution in [0.25, 0.3) is 0 Å². The Kier molecular flexibility index (Phi) is 6.28. The normalized spacial score (nSPS) is 10.9. The van der Waals surface area contributed by atoms with Crippen LogP contribution in [0.3, 0.4) is 0 Å². The van der Waals surface area contributed by atoms with Crippen LogP contribution >= 0.6 is 0 Å². The van der Waals surface area contributed by atoms with Crippen LogP contribution in [0.15, 0.2) is 42.6 Å². The third-order valence-electron chi connectivity index (χ3n) is 3.88. The molecule has 2 rings (SSSR count). The van der Waals surface area contributed by atoms with Crippen molar-refractivity contribution in [3.8, 4) is 0 Å². The molecule has 27 heavy (non-hydrogen) atoms. The Bertz CT molecular complexity index is 822. The van der Waals surface area contributed by atoms with E-state index in [1.54, 1.807) is 36.5 Å². The number of anilines is 1. The molecular weight excluding hydrogens is 346 g/mol. The zero-order chi connectivity index (χ0) is 20.0. The van der Waals surface area contributed by atoms with E-state index in [0.717, 1.165) is 5.56 Å². The molecule has 0 aliphatic heterocycles. The van der Waals surface area contributed by atoms with Crippen molar-refractivity contribution in [1.82, 2.24) is 10.3 Å². The summed E-state index contributed by atoms with van der Waals surface area (Å²) in [5.74, 6) is -1.79. The van der Waals surface area contributed by atoms with Crippen LogP contribution in [0.2, 0.25) is 0 Å². The summed E-state index contributed by atoms with van der Waals surface area (Å²) in [5, 5.41) is 13.6. The topological polar surface area (TPSA) is 108 Å². The predicted molar refractivity (Wildman–Crippen MR) is 102 cm³/mol. The number of rotatable bonds is 6. The second-order valence-corrected chi connectivity index (χ2v) is 7.18. The lowest BCUT2D eigenvalue weighted by atomic mass is 9.88. The summed E-state index contributed by atoms with van der Waals surface area (Å²) < 4.78 is 0. The molecule has 0 radical (unpaired) electrons. The molecule has 0 aliphatic rings. The summed E-state index contributed by atoms with van der Waals surface area (Å²) >= 11 is 0. The average molecular weight is 369 g/mol. The molecule has 0 fully saturated rings. The van der Waals surface area contributed by atoms with E-state index in [1.165, 1.54) is 0 Å². The van der Waals surface area contributed by atoms with Gasteiger partial charge in [-0.15, -0.1) is 0 Å². The van der Waals surface area contributed by atoms with E-state index in [2.05, 4.69) is 36.4 Å². The first-order chi connectivity index (χ1) is 12.6. The highest BCUT2D eigenvalue weighted by atomic mass is 16.4. The maximum absolute atomic E-state index is 12.3. The minimum Gasteiger partial charge on any atom is -0.480 e. The summed E-state index contributed by atoms with van der Waals surface area (Å²) in [6, 6.07) is 10.3. The van der Waals surface area contributed by atoms with Crippen LogP contribution in [0, 0.1) is 0 Å². The van der Waals surface area contributed by atoms with E-state index in [0.29, 0.717) is 16.9 Å². The molecule has 1 aromatic carbocycles. The lowest BCUT2D eigenvalue weighted by molar-refractivity contribution is -0.137. The van der Waals surface area contributed by atoms with E-state index in [1.807, 2.05) is 6.07 Å². The zero-order valence-electron chi connectivity index (χ0n) is 15.6. The lowest BCUT2D eigenvalue weighted by Gasteiger charge is -2.18. The van der Waals surface area contributed by atoms with E-state index in [-0.39, 0.29) is 23.7 Å². The Labute approximate surface area is 157 Å². The second kappa shape index (κ2) is 8.44. The van der Waals surface area contributed by atoms with Gasteiger partial charge in [-0.05, 0) is 34.7 Å². The van der Waals surface area contributed by atoms with Gasteiger partial charge >= 0.3 is 5.97 Å². The minimum absolute atomic E-state index is 0.0331. The summed E-state index contributed by atoms with van der Waals surface area (Å²) in [6.07, 6.45) is 1.77. The van der Waals surface area contributed by atoms with Crippen LogP contribution in [-0.2, 0) is 21.4 Å². The van der Waals surface area contributed by atoms with Crippen LogP contribution in [0.5, 0.6) is 0 Å². The van der Waals surface area contributed by atoms with Crippen LogP contribution in [-0.4, -0.2) is 34.4 Å². The second-order valence-electron chi connectivity index (χ2n) is 7.18. The maximum atomic E-state index is 12.3. The molecule has 0 saturated carbocycles. The molecule has 7 heteroatoms. The van der Waals surface area contributed by atoms with Crippen molar-refractivity contribution in [3.05, 3.63) is 59.4 Å². The highest BCUT2D eigenvalue weighted by Crippen LogP contribution is 2.21. The molecule has 0 atom stereocenters. The predicted octanol–water partition coefficient (Wildman–Crippen LogP) is 2.37. The number of hydrogen-bond donors (Lipinski definition) is 3. The van der Waals surface area contributed by atoms with Crippen molar-refractivity contribution in [2.75, 3.05) is 11.9 Å². The lowest BCUT2D eigenvalue weighted by Crippen LogP contribution is -2.30. The smallest absolute Gasteiger partial charge is 0.322 e. The van der Waals surface area contributed by atoms with Gasteiger partial charge in [0.05, 0.1) is 6.42 Å². The molecule has 0 aliphatic carbocycles. The summed E-state index contributed by atoms with van der Waals surface area (Å²) in [6.45, 7) is 5.82. The van der Waals surface area contributed by atoms with Crippen molar-refractivity contribution in [2.45, 2.75) is 32.6 Å². The number of aliphatic carboxylic acids is 1. The summed E-state index contributed by atoms with van der Waals surface area (Å²) in [7, 11) is 0. The SMILES string of the molecule is CC(C)(C)c1ccc(C(=O)Nc2ccc(CC(=O)NCC(=O)O)cc2)nc1. The molecule has 0 saturated heterocycles. The van der Waals surface area contributed by atoms with Gasteiger partial charge in [0, 0.05) is 11.9 Å². The Balaban J connectivity index is 1.94. The van der Waals surface area contributed by atoms with Crippen molar-refractivity contribution >= 4 is 23.5 Å². The Morgan fingerprint density at radius 1 is 1.04 bits per heavy atom. The number of amides is 2.